The van der Waals surface area contributed by atoms with Crippen LogP contribution in [-0.2, 0) is 16.3 Å². The number of fused-ring (bicyclic) bond motifs is 1. The number of nitrogens with zero attached hydrogens (tertiary/aromatic N) is 1. The minimum absolute atomic E-state index is 0.186. The maximum atomic E-state index is 11.0. The molecule has 1 N–H and O–H groups in total. The van der Waals surface area contributed by atoms with E-state index in [1.807, 2.05) is 6.07 Å². The number of hydrogen-bond donors (Lipinski definition) is 1. The molecule has 0 fully saturated rings. The summed E-state index contributed by atoms with van der Waals surface area (Å²) in [5.41, 5.74) is 2.36. The molecule has 1 atom stereocenters. The standard InChI is InChI=1S/C11H16N2O2S/c1-16(14,15)8-7-12-10-5-4-9-3-2-6-13-11(9)10/h2-3,6,10,12H,4-5,7-8H2,1H3. The summed E-state index contributed by atoms with van der Waals surface area (Å²) < 4.78 is 22.0. The molecule has 1 unspecified atom stereocenters. The summed E-state index contributed by atoms with van der Waals surface area (Å²) in [6, 6.07) is 4.25. The Hall–Kier alpha value is -0.940. The molecule has 0 saturated heterocycles. The van der Waals surface area contributed by atoms with Crippen LogP contribution < -0.4 is 5.32 Å². The molecule has 1 aromatic heterocycles. The molecule has 16 heavy (non-hydrogen) atoms. The van der Waals surface area contributed by atoms with Gasteiger partial charge in [0.05, 0.1) is 17.5 Å². The molecule has 4 nitrogen and oxygen atoms in total. The smallest absolute Gasteiger partial charge is 0.148 e. The average molecular weight is 240 g/mol. The highest BCUT2D eigenvalue weighted by Crippen LogP contribution is 2.28. The summed E-state index contributed by atoms with van der Waals surface area (Å²) in [6.45, 7) is 0.500. The zero-order chi connectivity index (χ0) is 11.6. The van der Waals surface area contributed by atoms with Gasteiger partial charge in [0.15, 0.2) is 0 Å². The van der Waals surface area contributed by atoms with Gasteiger partial charge < -0.3 is 5.32 Å². The fourth-order valence-corrected chi connectivity index (χ4v) is 2.52. The minimum Gasteiger partial charge on any atom is -0.308 e. The molecule has 0 aromatic carbocycles. The quantitative estimate of drug-likeness (QED) is 0.842. The minimum atomic E-state index is -2.88. The Bertz CT molecular complexity index is 471. The van der Waals surface area contributed by atoms with E-state index in [1.165, 1.54) is 11.8 Å². The van der Waals surface area contributed by atoms with E-state index in [1.54, 1.807) is 6.20 Å². The van der Waals surface area contributed by atoms with Crippen LogP contribution in [0.5, 0.6) is 0 Å². The van der Waals surface area contributed by atoms with Gasteiger partial charge in [-0.2, -0.15) is 0 Å². The topological polar surface area (TPSA) is 59.1 Å². The summed E-state index contributed by atoms with van der Waals surface area (Å²) in [5.74, 6) is 0.186. The Kier molecular flexibility index (Phi) is 3.25. The second-order valence-electron chi connectivity index (χ2n) is 4.22. The average Bonchev–Trinajstić information content (AvgIpc) is 2.60. The first-order valence-electron chi connectivity index (χ1n) is 5.41. The second kappa shape index (κ2) is 4.51. The van der Waals surface area contributed by atoms with Crippen LogP contribution in [0, 0.1) is 0 Å². The number of hydrogen-bond acceptors (Lipinski definition) is 4. The highest BCUT2D eigenvalue weighted by molar-refractivity contribution is 7.90. The van der Waals surface area contributed by atoms with Crippen LogP contribution in [0.25, 0.3) is 0 Å². The predicted molar refractivity (Wildman–Crippen MR) is 63.0 cm³/mol. The molecule has 0 spiro atoms. The fraction of sp³-hybridized carbons (Fsp3) is 0.545. The molecular weight excluding hydrogens is 224 g/mol. The normalized spacial score (nSPS) is 19.7. The van der Waals surface area contributed by atoms with Gasteiger partial charge in [-0.25, -0.2) is 8.42 Å². The lowest BCUT2D eigenvalue weighted by molar-refractivity contribution is 0.534. The van der Waals surface area contributed by atoms with Crippen molar-refractivity contribution < 1.29 is 8.42 Å². The third kappa shape index (κ3) is 2.80. The highest BCUT2D eigenvalue weighted by atomic mass is 32.2. The Balaban J connectivity index is 1.94. The van der Waals surface area contributed by atoms with Gasteiger partial charge in [0, 0.05) is 19.0 Å². The van der Waals surface area contributed by atoms with Gasteiger partial charge in [-0.1, -0.05) is 6.07 Å². The first kappa shape index (κ1) is 11.5. The molecule has 1 aliphatic rings. The summed E-state index contributed by atoms with van der Waals surface area (Å²) in [5, 5.41) is 3.25. The van der Waals surface area contributed by atoms with E-state index < -0.39 is 9.84 Å². The van der Waals surface area contributed by atoms with Gasteiger partial charge in [-0.15, -0.1) is 0 Å². The zero-order valence-corrected chi connectivity index (χ0v) is 10.1. The molecule has 5 heteroatoms. The van der Waals surface area contributed by atoms with Crippen LogP contribution in [-0.4, -0.2) is 32.0 Å². The lowest BCUT2D eigenvalue weighted by Crippen LogP contribution is -2.26. The molecule has 0 saturated carbocycles. The van der Waals surface area contributed by atoms with Crippen LogP contribution in [0.1, 0.15) is 23.7 Å². The molecule has 0 amide bonds. The maximum Gasteiger partial charge on any atom is 0.148 e. The van der Waals surface area contributed by atoms with Crippen molar-refractivity contribution in [3.8, 4) is 0 Å². The second-order valence-corrected chi connectivity index (χ2v) is 6.48. The van der Waals surface area contributed by atoms with Gasteiger partial charge in [0.2, 0.25) is 0 Å². The largest absolute Gasteiger partial charge is 0.308 e. The zero-order valence-electron chi connectivity index (χ0n) is 9.31. The van der Waals surface area contributed by atoms with Gasteiger partial charge >= 0.3 is 0 Å². The molecule has 1 heterocycles. The van der Waals surface area contributed by atoms with Crippen molar-refractivity contribution in [2.45, 2.75) is 18.9 Å². The van der Waals surface area contributed by atoms with Crippen molar-refractivity contribution in [3.05, 3.63) is 29.6 Å². The van der Waals surface area contributed by atoms with Crippen molar-refractivity contribution in [2.75, 3.05) is 18.6 Å². The van der Waals surface area contributed by atoms with Gasteiger partial charge in [0.1, 0.15) is 9.84 Å². The molecule has 0 aliphatic heterocycles. The number of nitrogens with one attached hydrogen (secondary N) is 1. The van der Waals surface area contributed by atoms with E-state index in [0.29, 0.717) is 6.54 Å². The van der Waals surface area contributed by atoms with Crippen molar-refractivity contribution in [1.29, 1.82) is 0 Å². The summed E-state index contributed by atoms with van der Waals surface area (Å²) in [4.78, 5) is 4.34. The van der Waals surface area contributed by atoms with Crippen molar-refractivity contribution in [1.82, 2.24) is 10.3 Å². The van der Waals surface area contributed by atoms with E-state index in [-0.39, 0.29) is 11.8 Å². The molecular formula is C11H16N2O2S. The van der Waals surface area contributed by atoms with Crippen LogP contribution in [0.2, 0.25) is 0 Å². The monoisotopic (exact) mass is 240 g/mol. The lowest BCUT2D eigenvalue weighted by Gasteiger charge is -2.12. The van der Waals surface area contributed by atoms with Crippen LogP contribution in [0.15, 0.2) is 18.3 Å². The van der Waals surface area contributed by atoms with E-state index in [9.17, 15) is 8.42 Å². The fourth-order valence-electron chi connectivity index (χ4n) is 2.03. The third-order valence-corrected chi connectivity index (χ3v) is 3.77. The van der Waals surface area contributed by atoms with E-state index in [0.717, 1.165) is 18.5 Å². The van der Waals surface area contributed by atoms with Gasteiger partial charge in [0.25, 0.3) is 0 Å². The number of aryl methyl sites for hydroxylation is 1. The van der Waals surface area contributed by atoms with Gasteiger partial charge in [-0.05, 0) is 24.5 Å². The third-order valence-electron chi connectivity index (χ3n) is 2.82. The van der Waals surface area contributed by atoms with Crippen LogP contribution in [0.3, 0.4) is 0 Å². The van der Waals surface area contributed by atoms with E-state index in [4.69, 9.17) is 0 Å². The molecule has 2 rings (SSSR count). The van der Waals surface area contributed by atoms with Crippen LogP contribution in [0.4, 0.5) is 0 Å². The molecule has 0 bridgehead atoms. The SMILES string of the molecule is CS(=O)(=O)CCNC1CCc2cccnc21. The Morgan fingerprint density at radius 1 is 1.56 bits per heavy atom. The summed E-state index contributed by atoms with van der Waals surface area (Å²) in [6.07, 6.45) is 5.08. The molecule has 88 valence electrons. The number of pyridine rings is 1. The first-order valence-corrected chi connectivity index (χ1v) is 7.47. The summed E-state index contributed by atoms with van der Waals surface area (Å²) >= 11 is 0. The molecule has 1 aliphatic carbocycles. The van der Waals surface area contributed by atoms with E-state index in [2.05, 4.69) is 16.4 Å². The van der Waals surface area contributed by atoms with Gasteiger partial charge in [-0.3, -0.25) is 4.98 Å². The number of aromatic nitrogens is 1. The maximum absolute atomic E-state index is 11.0. The Labute approximate surface area is 96.0 Å². The van der Waals surface area contributed by atoms with Crippen molar-refractivity contribution >= 4 is 9.84 Å². The predicted octanol–water partition coefficient (Wildman–Crippen LogP) is 0.703. The number of sulfone groups is 1. The first-order chi connectivity index (χ1) is 7.56. The van der Waals surface area contributed by atoms with E-state index >= 15 is 0 Å². The summed E-state index contributed by atoms with van der Waals surface area (Å²) in [7, 11) is -2.88. The Morgan fingerprint density at radius 3 is 3.12 bits per heavy atom. The lowest BCUT2D eigenvalue weighted by atomic mass is 10.2. The molecule has 0 radical (unpaired) electrons. The van der Waals surface area contributed by atoms with Crippen molar-refractivity contribution in [2.24, 2.45) is 0 Å². The Morgan fingerprint density at radius 2 is 2.38 bits per heavy atom. The van der Waals surface area contributed by atoms with Crippen molar-refractivity contribution in [3.63, 3.8) is 0 Å². The van der Waals surface area contributed by atoms with Crippen LogP contribution >= 0.6 is 0 Å². The molecule has 1 aromatic rings. The highest BCUT2D eigenvalue weighted by Gasteiger charge is 2.22. The number of rotatable bonds is 4.